The Kier molecular flexibility index (Phi) is 4.33. The molecule has 3 rings (SSSR count). The van der Waals surface area contributed by atoms with Gasteiger partial charge in [0.05, 0.1) is 5.54 Å². The second-order valence-electron chi connectivity index (χ2n) is 6.26. The van der Waals surface area contributed by atoms with Crippen molar-refractivity contribution in [1.82, 2.24) is 10.2 Å². The average Bonchev–Trinajstić information content (AvgIpc) is 3.11. The third kappa shape index (κ3) is 2.87. The van der Waals surface area contributed by atoms with E-state index < -0.39 is 5.54 Å². The van der Waals surface area contributed by atoms with Crippen LogP contribution in [-0.2, 0) is 9.53 Å². The van der Waals surface area contributed by atoms with Crippen molar-refractivity contribution in [2.24, 2.45) is 5.92 Å². The van der Waals surface area contributed by atoms with Crippen molar-refractivity contribution >= 4 is 17.2 Å². The Balaban J connectivity index is 1.81. The van der Waals surface area contributed by atoms with Gasteiger partial charge in [-0.15, -0.1) is 11.3 Å². The van der Waals surface area contributed by atoms with Gasteiger partial charge in [0.15, 0.2) is 0 Å². The van der Waals surface area contributed by atoms with Gasteiger partial charge in [-0.05, 0) is 43.6 Å². The van der Waals surface area contributed by atoms with E-state index in [1.807, 2.05) is 6.92 Å². The van der Waals surface area contributed by atoms with Crippen molar-refractivity contribution in [3.63, 3.8) is 0 Å². The van der Waals surface area contributed by atoms with Crippen LogP contribution in [0.4, 0.5) is 0 Å². The third-order valence-corrected chi connectivity index (χ3v) is 5.74. The molecular formula is C16H24N2O2S. The smallest absolute Gasteiger partial charge is 0.244 e. The molecular weight excluding hydrogens is 284 g/mol. The molecule has 0 aliphatic carbocycles. The van der Waals surface area contributed by atoms with Crippen LogP contribution in [0, 0.1) is 5.92 Å². The van der Waals surface area contributed by atoms with Crippen LogP contribution in [0.2, 0.25) is 0 Å². The second-order valence-corrected chi connectivity index (χ2v) is 7.24. The highest BCUT2D eigenvalue weighted by Gasteiger charge is 2.47. The summed E-state index contributed by atoms with van der Waals surface area (Å²) in [6.07, 6.45) is 2.97. The van der Waals surface area contributed by atoms with E-state index in [4.69, 9.17) is 4.74 Å². The third-order valence-electron chi connectivity index (χ3n) is 4.82. The summed E-state index contributed by atoms with van der Waals surface area (Å²) >= 11 is 1.72. The minimum atomic E-state index is -0.431. The van der Waals surface area contributed by atoms with Gasteiger partial charge in [-0.2, -0.15) is 0 Å². The number of hydrogen-bond acceptors (Lipinski definition) is 4. The van der Waals surface area contributed by atoms with Crippen LogP contribution < -0.4 is 5.32 Å². The van der Waals surface area contributed by atoms with E-state index in [1.54, 1.807) is 11.3 Å². The van der Waals surface area contributed by atoms with Gasteiger partial charge in [0.2, 0.25) is 5.91 Å². The molecule has 0 aromatic carbocycles. The van der Waals surface area contributed by atoms with E-state index in [-0.39, 0.29) is 12.1 Å². The van der Waals surface area contributed by atoms with Crippen molar-refractivity contribution in [1.29, 1.82) is 0 Å². The van der Waals surface area contributed by atoms with Crippen molar-refractivity contribution in [3.05, 3.63) is 22.4 Å². The fourth-order valence-corrected chi connectivity index (χ4v) is 3.98. The first-order valence-corrected chi connectivity index (χ1v) is 8.72. The Morgan fingerprint density at radius 2 is 2.24 bits per heavy atom. The minimum absolute atomic E-state index is 0.0327. The zero-order valence-electron chi connectivity index (χ0n) is 12.8. The van der Waals surface area contributed by atoms with Crippen molar-refractivity contribution < 1.29 is 9.53 Å². The van der Waals surface area contributed by atoms with E-state index in [9.17, 15) is 4.79 Å². The summed E-state index contributed by atoms with van der Waals surface area (Å²) in [5.74, 6) is 0.807. The van der Waals surface area contributed by atoms with Gasteiger partial charge in [-0.3, -0.25) is 10.1 Å². The Morgan fingerprint density at radius 3 is 2.86 bits per heavy atom. The Morgan fingerprint density at radius 1 is 1.48 bits per heavy atom. The number of rotatable bonds is 4. The summed E-state index contributed by atoms with van der Waals surface area (Å²) < 4.78 is 5.44. The van der Waals surface area contributed by atoms with Gasteiger partial charge in [-0.1, -0.05) is 13.0 Å². The number of carbonyl (C=O) groups is 1. The van der Waals surface area contributed by atoms with Crippen molar-refractivity contribution in [2.75, 3.05) is 19.8 Å². The molecule has 0 spiro atoms. The molecule has 1 N–H and O–H groups in total. The first-order chi connectivity index (χ1) is 10.1. The molecule has 2 fully saturated rings. The maximum Gasteiger partial charge on any atom is 0.244 e. The molecule has 21 heavy (non-hydrogen) atoms. The molecule has 116 valence electrons. The largest absolute Gasteiger partial charge is 0.381 e. The standard InChI is InChI=1S/C16H24N2O2S/c1-3-16(2)15(19)18(11-12-6-8-20-9-7-12)14(17-16)13-5-4-10-21-13/h4-5,10,12,14,17H,3,6-9,11H2,1-2H3. The molecule has 5 heteroatoms. The van der Waals surface area contributed by atoms with Crippen LogP contribution in [0.5, 0.6) is 0 Å². The van der Waals surface area contributed by atoms with Gasteiger partial charge in [0, 0.05) is 24.6 Å². The Hall–Kier alpha value is -0.910. The lowest BCUT2D eigenvalue weighted by Crippen LogP contribution is -2.43. The van der Waals surface area contributed by atoms with Crippen LogP contribution >= 0.6 is 11.3 Å². The molecule has 1 amide bonds. The highest BCUT2D eigenvalue weighted by Crippen LogP contribution is 2.35. The van der Waals surface area contributed by atoms with Gasteiger partial charge in [-0.25, -0.2) is 0 Å². The van der Waals surface area contributed by atoms with Gasteiger partial charge in [0.1, 0.15) is 6.17 Å². The van der Waals surface area contributed by atoms with Gasteiger partial charge < -0.3 is 9.64 Å². The lowest BCUT2D eigenvalue weighted by Gasteiger charge is -2.30. The van der Waals surface area contributed by atoms with Crippen LogP contribution in [-0.4, -0.2) is 36.1 Å². The Bertz CT molecular complexity index is 484. The van der Waals surface area contributed by atoms with Crippen LogP contribution in [0.1, 0.15) is 44.2 Å². The SMILES string of the molecule is CCC1(C)NC(c2cccs2)N(CC2CCOCC2)C1=O. The highest BCUT2D eigenvalue weighted by atomic mass is 32.1. The number of amides is 1. The maximum atomic E-state index is 12.9. The van der Waals surface area contributed by atoms with Crippen LogP contribution in [0.3, 0.4) is 0 Å². The topological polar surface area (TPSA) is 41.6 Å². The lowest BCUT2D eigenvalue weighted by molar-refractivity contribution is -0.134. The molecule has 0 saturated carbocycles. The molecule has 2 aliphatic heterocycles. The molecule has 2 saturated heterocycles. The van der Waals surface area contributed by atoms with Crippen LogP contribution in [0.15, 0.2) is 17.5 Å². The summed E-state index contributed by atoms with van der Waals surface area (Å²) in [6.45, 7) is 6.60. The fraction of sp³-hybridized carbons (Fsp3) is 0.688. The molecule has 2 unspecified atom stereocenters. The van der Waals surface area contributed by atoms with E-state index in [0.29, 0.717) is 5.92 Å². The quantitative estimate of drug-likeness (QED) is 0.930. The normalized spacial score (nSPS) is 31.0. The van der Waals surface area contributed by atoms with E-state index >= 15 is 0 Å². The number of hydrogen-bond donors (Lipinski definition) is 1. The molecule has 2 aliphatic rings. The van der Waals surface area contributed by atoms with E-state index in [0.717, 1.165) is 39.0 Å². The van der Waals surface area contributed by atoms with Gasteiger partial charge >= 0.3 is 0 Å². The Labute approximate surface area is 130 Å². The summed E-state index contributed by atoms with van der Waals surface area (Å²) in [4.78, 5) is 16.2. The molecule has 0 radical (unpaired) electrons. The monoisotopic (exact) mass is 308 g/mol. The zero-order chi connectivity index (χ0) is 14.9. The van der Waals surface area contributed by atoms with E-state index in [2.05, 4.69) is 34.7 Å². The molecule has 1 aromatic rings. The molecule has 0 bridgehead atoms. The second kappa shape index (κ2) is 6.07. The number of ether oxygens (including phenoxy) is 1. The molecule has 2 atom stereocenters. The zero-order valence-corrected chi connectivity index (χ0v) is 13.6. The number of nitrogens with zero attached hydrogens (tertiary/aromatic N) is 1. The highest BCUT2D eigenvalue weighted by molar-refractivity contribution is 7.10. The summed E-state index contributed by atoms with van der Waals surface area (Å²) in [7, 11) is 0. The summed E-state index contributed by atoms with van der Waals surface area (Å²) in [5, 5.41) is 5.64. The van der Waals surface area contributed by atoms with Crippen molar-refractivity contribution in [2.45, 2.75) is 44.8 Å². The number of carbonyl (C=O) groups excluding carboxylic acids is 1. The van der Waals surface area contributed by atoms with Crippen molar-refractivity contribution in [3.8, 4) is 0 Å². The number of thiophene rings is 1. The molecule has 1 aromatic heterocycles. The predicted octanol–water partition coefficient (Wildman–Crippen LogP) is 2.77. The average molecular weight is 308 g/mol. The van der Waals surface area contributed by atoms with Crippen LogP contribution in [0.25, 0.3) is 0 Å². The molecule has 4 nitrogen and oxygen atoms in total. The predicted molar refractivity (Wildman–Crippen MR) is 84.1 cm³/mol. The summed E-state index contributed by atoms with van der Waals surface area (Å²) in [5.41, 5.74) is -0.431. The lowest BCUT2D eigenvalue weighted by atomic mass is 9.97. The van der Waals surface area contributed by atoms with Gasteiger partial charge in [0.25, 0.3) is 0 Å². The summed E-state index contributed by atoms with van der Waals surface area (Å²) in [6, 6.07) is 4.17. The maximum absolute atomic E-state index is 12.9. The first kappa shape index (κ1) is 15.0. The first-order valence-electron chi connectivity index (χ1n) is 7.84. The van der Waals surface area contributed by atoms with E-state index in [1.165, 1.54) is 4.88 Å². The fourth-order valence-electron chi connectivity index (χ4n) is 3.20. The number of nitrogens with one attached hydrogen (secondary N) is 1. The minimum Gasteiger partial charge on any atom is -0.381 e. The molecule has 3 heterocycles.